The smallest absolute Gasteiger partial charge is 0.364 e. The van der Waals surface area contributed by atoms with Crippen molar-refractivity contribution in [2.75, 3.05) is 7.11 Å². The van der Waals surface area contributed by atoms with Crippen LogP contribution in [0.25, 0.3) is 0 Å². The lowest BCUT2D eigenvalue weighted by Gasteiger charge is -2.37. The molecule has 1 aliphatic rings. The molecular formula is C16H13Cl2NO5. The molecule has 3 rings (SSSR count). The van der Waals surface area contributed by atoms with E-state index >= 15 is 0 Å². The van der Waals surface area contributed by atoms with Gasteiger partial charge in [-0.1, -0.05) is 23.7 Å². The molecule has 3 unspecified atom stereocenters. The Morgan fingerprint density at radius 3 is 2.54 bits per heavy atom. The van der Waals surface area contributed by atoms with Gasteiger partial charge in [-0.2, -0.15) is 0 Å². The van der Waals surface area contributed by atoms with Crippen LogP contribution in [0.1, 0.15) is 23.3 Å². The van der Waals surface area contributed by atoms with Crippen LogP contribution in [0.15, 0.2) is 42.5 Å². The van der Waals surface area contributed by atoms with Crippen LogP contribution < -0.4 is 9.47 Å². The molecule has 3 atom stereocenters. The first-order chi connectivity index (χ1) is 11.4. The molecule has 0 bridgehead atoms. The van der Waals surface area contributed by atoms with E-state index < -0.39 is 22.1 Å². The number of aliphatic hydroxyl groups is 1. The van der Waals surface area contributed by atoms with E-state index in [4.69, 9.17) is 32.7 Å². The number of hydrogen-bond donors (Lipinski definition) is 1. The summed E-state index contributed by atoms with van der Waals surface area (Å²) >= 11 is 12.1. The molecule has 1 heterocycles. The lowest BCUT2D eigenvalue weighted by Crippen LogP contribution is -2.49. The molecule has 0 saturated carbocycles. The van der Waals surface area contributed by atoms with Crippen LogP contribution in [0.4, 0.5) is 0 Å². The minimum absolute atomic E-state index is 0.229. The van der Waals surface area contributed by atoms with E-state index in [1.165, 1.54) is 13.2 Å². The minimum Gasteiger partial charge on any atom is -0.497 e. The van der Waals surface area contributed by atoms with Crippen molar-refractivity contribution in [3.63, 3.8) is 0 Å². The molecular weight excluding hydrogens is 357 g/mol. The topological polar surface area (TPSA) is 81.8 Å². The summed E-state index contributed by atoms with van der Waals surface area (Å²) < 4.78 is 10.9. The molecule has 24 heavy (non-hydrogen) atoms. The second kappa shape index (κ2) is 6.12. The highest BCUT2D eigenvalue weighted by atomic mass is 35.5. The first-order valence-electron chi connectivity index (χ1n) is 6.99. The van der Waals surface area contributed by atoms with E-state index in [-0.39, 0.29) is 11.3 Å². The van der Waals surface area contributed by atoms with Crippen molar-refractivity contribution >= 4 is 23.2 Å². The number of ether oxygens (including phenoxy) is 2. The first kappa shape index (κ1) is 16.8. The summed E-state index contributed by atoms with van der Waals surface area (Å²) in [5, 5.41) is 22.7. The summed E-state index contributed by atoms with van der Waals surface area (Å²) in [5.74, 6) is 0.777. The van der Waals surface area contributed by atoms with Crippen LogP contribution >= 0.6 is 23.2 Å². The summed E-state index contributed by atoms with van der Waals surface area (Å²) in [6.45, 7) is 0. The second-order valence-corrected chi connectivity index (χ2v) is 6.38. The third-order valence-electron chi connectivity index (χ3n) is 3.96. The maximum atomic E-state index is 11.7. The van der Waals surface area contributed by atoms with E-state index in [1.807, 2.05) is 0 Å². The molecule has 126 valence electrons. The maximum Gasteiger partial charge on any atom is 0.364 e. The Labute approximate surface area is 147 Å². The molecule has 1 N–H and O–H groups in total. The van der Waals surface area contributed by atoms with Gasteiger partial charge < -0.3 is 14.6 Å². The van der Waals surface area contributed by atoms with Crippen LogP contribution in [0, 0.1) is 10.1 Å². The van der Waals surface area contributed by atoms with Gasteiger partial charge in [0.15, 0.2) is 6.10 Å². The van der Waals surface area contributed by atoms with Gasteiger partial charge in [-0.15, -0.1) is 0 Å². The molecule has 0 aromatic heterocycles. The zero-order valence-electron chi connectivity index (χ0n) is 12.5. The van der Waals surface area contributed by atoms with Gasteiger partial charge in [0, 0.05) is 22.2 Å². The number of nitro groups is 1. The average Bonchev–Trinajstić information content (AvgIpc) is 2.58. The lowest BCUT2D eigenvalue weighted by molar-refractivity contribution is -0.570. The number of nitrogens with zero attached hydrogens (tertiary/aromatic N) is 1. The number of benzene rings is 2. The zero-order valence-corrected chi connectivity index (χ0v) is 14.0. The summed E-state index contributed by atoms with van der Waals surface area (Å²) in [7, 11) is 1.49. The van der Waals surface area contributed by atoms with Gasteiger partial charge in [-0.05, 0) is 35.9 Å². The number of fused-ring (bicyclic) bond motifs is 1. The van der Waals surface area contributed by atoms with Crippen LogP contribution in [0.5, 0.6) is 11.5 Å². The van der Waals surface area contributed by atoms with Gasteiger partial charge in [-0.3, -0.25) is 10.1 Å². The van der Waals surface area contributed by atoms with Crippen molar-refractivity contribution in [1.82, 2.24) is 0 Å². The third-order valence-corrected chi connectivity index (χ3v) is 4.76. The van der Waals surface area contributed by atoms with Crippen molar-refractivity contribution in [2.24, 2.45) is 0 Å². The molecule has 0 saturated heterocycles. The highest BCUT2D eigenvalue weighted by Crippen LogP contribution is 2.52. The summed E-state index contributed by atoms with van der Waals surface area (Å²) in [4.78, 5) is 8.65. The van der Waals surface area contributed by atoms with Crippen LogP contribution in [0.3, 0.4) is 0 Å². The largest absolute Gasteiger partial charge is 0.497 e. The van der Waals surface area contributed by atoms with Crippen molar-refractivity contribution < 1.29 is 19.5 Å². The van der Waals surface area contributed by atoms with Crippen molar-refractivity contribution in [2.45, 2.75) is 17.2 Å². The van der Waals surface area contributed by atoms with Crippen LogP contribution in [0.2, 0.25) is 5.02 Å². The number of alkyl halides is 1. The Morgan fingerprint density at radius 1 is 1.29 bits per heavy atom. The molecule has 6 nitrogen and oxygen atoms in total. The van der Waals surface area contributed by atoms with Gasteiger partial charge in [0.2, 0.25) is 6.10 Å². The molecule has 0 aliphatic carbocycles. The Bertz CT molecular complexity index is 783. The van der Waals surface area contributed by atoms with E-state index in [9.17, 15) is 15.2 Å². The summed E-state index contributed by atoms with van der Waals surface area (Å²) in [6.07, 6.45) is -2.77. The van der Waals surface area contributed by atoms with Gasteiger partial charge in [0.25, 0.3) is 0 Å². The van der Waals surface area contributed by atoms with E-state index in [1.54, 1.807) is 36.4 Å². The predicted molar refractivity (Wildman–Crippen MR) is 88.4 cm³/mol. The van der Waals surface area contributed by atoms with E-state index in [0.29, 0.717) is 16.3 Å². The van der Waals surface area contributed by atoms with Gasteiger partial charge in [0.05, 0.1) is 12.0 Å². The second-order valence-electron chi connectivity index (χ2n) is 5.34. The molecule has 8 heteroatoms. The first-order valence-corrected chi connectivity index (χ1v) is 7.75. The summed E-state index contributed by atoms with van der Waals surface area (Å²) in [5.41, 5.74) is 0.659. The molecule has 2 aromatic carbocycles. The number of rotatable bonds is 3. The normalized spacial score (nSPS) is 25.5. The van der Waals surface area contributed by atoms with Crippen molar-refractivity contribution in [3.05, 3.63) is 68.7 Å². The number of hydrogen-bond acceptors (Lipinski definition) is 5. The molecule has 0 spiro atoms. The standard InChI is InChI=1S/C16H13Cl2NO5/c1-23-11-6-7-12-13(8-11)24-15(9-2-4-10(17)5-3-9)16(18,14(12)20)19(21)22/h2-8,14-15,20H,1H3. The zero-order chi connectivity index (χ0) is 17.5. The molecule has 2 aromatic rings. The average molecular weight is 370 g/mol. The molecule has 1 aliphatic heterocycles. The van der Waals surface area contributed by atoms with Crippen molar-refractivity contribution in [1.29, 1.82) is 0 Å². The van der Waals surface area contributed by atoms with E-state index in [2.05, 4.69) is 0 Å². The number of halogens is 2. The number of aliphatic hydroxyl groups excluding tert-OH is 1. The third kappa shape index (κ3) is 2.56. The molecule has 0 amide bonds. The van der Waals surface area contributed by atoms with Crippen molar-refractivity contribution in [3.8, 4) is 11.5 Å². The SMILES string of the molecule is COc1ccc2c(c1)OC(c1ccc(Cl)cc1)C(Cl)([N+](=O)[O-])C2O. The monoisotopic (exact) mass is 369 g/mol. The lowest BCUT2D eigenvalue weighted by atomic mass is 9.89. The Morgan fingerprint density at radius 2 is 1.96 bits per heavy atom. The maximum absolute atomic E-state index is 11.7. The highest BCUT2D eigenvalue weighted by molar-refractivity contribution is 6.30. The summed E-state index contributed by atoms with van der Waals surface area (Å²) in [6, 6.07) is 10.9. The predicted octanol–water partition coefficient (Wildman–Crippen LogP) is 3.73. The van der Waals surface area contributed by atoms with Crippen LogP contribution in [-0.4, -0.2) is 22.1 Å². The highest BCUT2D eigenvalue weighted by Gasteiger charge is 2.61. The number of methoxy groups -OCH3 is 1. The van der Waals surface area contributed by atoms with E-state index in [0.717, 1.165) is 0 Å². The quantitative estimate of drug-likeness (QED) is 0.385. The fourth-order valence-electron chi connectivity index (χ4n) is 2.68. The van der Waals surface area contributed by atoms with Gasteiger partial charge in [-0.25, -0.2) is 0 Å². The fraction of sp³-hybridized carbons (Fsp3) is 0.250. The van der Waals surface area contributed by atoms with Gasteiger partial charge in [0.1, 0.15) is 11.5 Å². The minimum atomic E-state index is -2.27. The Hall–Kier alpha value is -2.02. The Kier molecular flexibility index (Phi) is 4.29. The molecule has 0 fully saturated rings. The molecule has 0 radical (unpaired) electrons. The van der Waals surface area contributed by atoms with Gasteiger partial charge >= 0.3 is 5.00 Å². The fourth-order valence-corrected chi connectivity index (χ4v) is 3.09. The Balaban J connectivity index is 2.15. The van der Waals surface area contributed by atoms with Crippen LogP contribution in [-0.2, 0) is 0 Å².